The van der Waals surface area contributed by atoms with Crippen molar-refractivity contribution in [1.29, 1.82) is 0 Å². The zero-order valence-corrected chi connectivity index (χ0v) is 14.4. The van der Waals surface area contributed by atoms with Crippen LogP contribution in [0.1, 0.15) is 71.1 Å². The predicted molar refractivity (Wildman–Crippen MR) is 93.9 cm³/mol. The van der Waals surface area contributed by atoms with Gasteiger partial charge in [0.25, 0.3) is 0 Å². The van der Waals surface area contributed by atoms with Crippen molar-refractivity contribution in [3.63, 3.8) is 0 Å². The molecule has 2 aromatic rings. The van der Waals surface area contributed by atoms with Gasteiger partial charge in [0, 0.05) is 11.2 Å². The molecule has 1 atom stereocenters. The molecule has 0 aliphatic rings. The first-order chi connectivity index (χ1) is 9.95. The van der Waals surface area contributed by atoms with Crippen LogP contribution in [0.25, 0.3) is 10.9 Å². The third-order valence-corrected chi connectivity index (χ3v) is 4.44. The molecular weight excluding hydrogens is 254 g/mol. The summed E-state index contributed by atoms with van der Waals surface area (Å²) in [5, 5.41) is 1.36. The van der Waals surface area contributed by atoms with E-state index in [1.165, 1.54) is 41.4 Å². The highest BCUT2D eigenvalue weighted by Gasteiger charge is 2.09. The van der Waals surface area contributed by atoms with Crippen LogP contribution in [0.3, 0.4) is 0 Å². The van der Waals surface area contributed by atoms with Gasteiger partial charge < -0.3 is 4.98 Å². The Morgan fingerprint density at radius 3 is 2.24 bits per heavy atom. The molecule has 0 spiro atoms. The van der Waals surface area contributed by atoms with Gasteiger partial charge in [0.1, 0.15) is 0 Å². The van der Waals surface area contributed by atoms with Crippen molar-refractivity contribution in [3.05, 3.63) is 35.5 Å². The number of hydrogen-bond acceptors (Lipinski definition) is 0. The number of aromatic nitrogens is 1. The maximum Gasteiger partial charge on any atom is 0.0458 e. The number of H-pyrrole nitrogens is 1. The van der Waals surface area contributed by atoms with Crippen molar-refractivity contribution in [1.82, 2.24) is 4.98 Å². The second-order valence-corrected chi connectivity index (χ2v) is 7.45. The summed E-state index contributed by atoms with van der Waals surface area (Å²) < 4.78 is 0. The lowest BCUT2D eigenvalue weighted by molar-refractivity contribution is 0.517. The number of aromatic amines is 1. The van der Waals surface area contributed by atoms with Crippen molar-refractivity contribution in [2.75, 3.05) is 0 Å². The van der Waals surface area contributed by atoms with Crippen LogP contribution in [0.2, 0.25) is 0 Å². The summed E-state index contributed by atoms with van der Waals surface area (Å²) in [6.07, 6.45) is 5.00. The first-order valence-corrected chi connectivity index (χ1v) is 8.57. The Kier molecular flexibility index (Phi) is 5.50. The van der Waals surface area contributed by atoms with Gasteiger partial charge in [0.05, 0.1) is 0 Å². The number of fused-ring (bicyclic) bond motifs is 1. The molecule has 1 nitrogen and oxygen atoms in total. The Morgan fingerprint density at radius 2 is 1.57 bits per heavy atom. The molecule has 0 radical (unpaired) electrons. The highest BCUT2D eigenvalue weighted by Crippen LogP contribution is 2.26. The van der Waals surface area contributed by atoms with Crippen molar-refractivity contribution in [2.45, 2.75) is 66.2 Å². The molecule has 0 fully saturated rings. The lowest BCUT2D eigenvalue weighted by atomic mass is 9.92. The highest BCUT2D eigenvalue weighted by molar-refractivity contribution is 5.81. The van der Waals surface area contributed by atoms with E-state index in [1.54, 1.807) is 0 Å². The minimum atomic E-state index is 0.652. The Labute approximate surface area is 130 Å². The molecule has 1 aromatic carbocycles. The smallest absolute Gasteiger partial charge is 0.0458 e. The lowest BCUT2D eigenvalue weighted by Crippen LogP contribution is -1.96. The van der Waals surface area contributed by atoms with Gasteiger partial charge in [-0.2, -0.15) is 0 Å². The summed E-state index contributed by atoms with van der Waals surface area (Å²) in [5.74, 6) is 2.21. The van der Waals surface area contributed by atoms with Crippen LogP contribution >= 0.6 is 0 Å². The molecule has 1 unspecified atom stereocenters. The molecule has 1 aromatic heterocycles. The van der Waals surface area contributed by atoms with E-state index in [1.807, 2.05) is 0 Å². The molecule has 0 bridgehead atoms. The van der Waals surface area contributed by atoms with Gasteiger partial charge in [-0.3, -0.25) is 0 Å². The Bertz CT molecular complexity index is 562. The summed E-state index contributed by atoms with van der Waals surface area (Å²) in [6, 6.07) is 9.28. The molecule has 116 valence electrons. The SMILES string of the molecule is CC(C)CCc1cc2ccc(C(C)CCC(C)C)cc2[nH]1. The predicted octanol–water partition coefficient (Wildman–Crippen LogP) is 6.30. The Balaban J connectivity index is 2.09. The van der Waals surface area contributed by atoms with Crippen LogP contribution in [0.4, 0.5) is 0 Å². The average Bonchev–Trinajstić information content (AvgIpc) is 2.84. The van der Waals surface area contributed by atoms with Crippen molar-refractivity contribution in [2.24, 2.45) is 11.8 Å². The number of hydrogen-bond donors (Lipinski definition) is 1. The van der Waals surface area contributed by atoms with Gasteiger partial charge in [-0.05, 0) is 60.1 Å². The number of aryl methyl sites for hydroxylation is 1. The molecular formula is C20H31N. The first kappa shape index (κ1) is 16.1. The second kappa shape index (κ2) is 7.15. The molecule has 21 heavy (non-hydrogen) atoms. The first-order valence-electron chi connectivity index (χ1n) is 8.57. The molecule has 0 aliphatic heterocycles. The third-order valence-electron chi connectivity index (χ3n) is 4.44. The van der Waals surface area contributed by atoms with Gasteiger partial charge in [-0.1, -0.05) is 53.2 Å². The lowest BCUT2D eigenvalue weighted by Gasteiger charge is -2.13. The van der Waals surface area contributed by atoms with Crippen molar-refractivity contribution in [3.8, 4) is 0 Å². The minimum Gasteiger partial charge on any atom is -0.358 e. The van der Waals surface area contributed by atoms with Crippen LogP contribution in [-0.2, 0) is 6.42 Å². The van der Waals surface area contributed by atoms with E-state index in [2.05, 4.69) is 63.9 Å². The summed E-state index contributed by atoms with van der Waals surface area (Å²) in [6.45, 7) is 11.5. The summed E-state index contributed by atoms with van der Waals surface area (Å²) >= 11 is 0. The van der Waals surface area contributed by atoms with Gasteiger partial charge in [-0.15, -0.1) is 0 Å². The molecule has 1 heterocycles. The maximum atomic E-state index is 3.61. The van der Waals surface area contributed by atoms with E-state index < -0.39 is 0 Å². The Morgan fingerprint density at radius 1 is 0.857 bits per heavy atom. The molecule has 1 N–H and O–H groups in total. The quantitative estimate of drug-likeness (QED) is 0.614. The standard InChI is InChI=1S/C20H31N/c1-14(2)6-8-16(5)17-9-10-18-12-19(11-7-15(3)4)21-20(18)13-17/h9-10,12-16,21H,6-8,11H2,1-5H3. The zero-order valence-electron chi connectivity index (χ0n) is 14.4. The normalized spacial score (nSPS) is 13.5. The highest BCUT2D eigenvalue weighted by atomic mass is 14.7. The summed E-state index contributed by atoms with van der Waals surface area (Å²) in [5.41, 5.74) is 4.16. The van der Waals surface area contributed by atoms with E-state index in [0.29, 0.717) is 5.92 Å². The van der Waals surface area contributed by atoms with E-state index in [0.717, 1.165) is 18.3 Å². The number of nitrogens with one attached hydrogen (secondary N) is 1. The van der Waals surface area contributed by atoms with Crippen molar-refractivity contribution >= 4 is 10.9 Å². The molecule has 2 rings (SSSR count). The fourth-order valence-electron chi connectivity index (χ4n) is 2.84. The largest absolute Gasteiger partial charge is 0.358 e. The second-order valence-electron chi connectivity index (χ2n) is 7.45. The van der Waals surface area contributed by atoms with Crippen LogP contribution in [0.5, 0.6) is 0 Å². The number of rotatable bonds is 7. The zero-order chi connectivity index (χ0) is 15.4. The monoisotopic (exact) mass is 285 g/mol. The Hall–Kier alpha value is -1.24. The molecule has 0 saturated heterocycles. The maximum absolute atomic E-state index is 3.61. The van der Waals surface area contributed by atoms with Gasteiger partial charge in [-0.25, -0.2) is 0 Å². The van der Waals surface area contributed by atoms with Gasteiger partial charge in [0.15, 0.2) is 0 Å². The van der Waals surface area contributed by atoms with Gasteiger partial charge in [0.2, 0.25) is 0 Å². The molecule has 0 amide bonds. The van der Waals surface area contributed by atoms with Crippen LogP contribution in [-0.4, -0.2) is 4.98 Å². The van der Waals surface area contributed by atoms with Gasteiger partial charge >= 0.3 is 0 Å². The molecule has 0 saturated carbocycles. The van der Waals surface area contributed by atoms with E-state index >= 15 is 0 Å². The van der Waals surface area contributed by atoms with Crippen LogP contribution < -0.4 is 0 Å². The summed E-state index contributed by atoms with van der Waals surface area (Å²) in [7, 11) is 0. The minimum absolute atomic E-state index is 0.652. The van der Waals surface area contributed by atoms with Crippen molar-refractivity contribution < 1.29 is 0 Å². The molecule has 0 aliphatic carbocycles. The van der Waals surface area contributed by atoms with E-state index in [9.17, 15) is 0 Å². The van der Waals surface area contributed by atoms with Crippen LogP contribution in [0.15, 0.2) is 24.3 Å². The third kappa shape index (κ3) is 4.62. The van der Waals surface area contributed by atoms with E-state index in [-0.39, 0.29) is 0 Å². The fraction of sp³-hybridized carbons (Fsp3) is 0.600. The number of benzene rings is 1. The van der Waals surface area contributed by atoms with Crippen LogP contribution in [0, 0.1) is 11.8 Å². The fourth-order valence-corrected chi connectivity index (χ4v) is 2.84. The topological polar surface area (TPSA) is 15.8 Å². The van der Waals surface area contributed by atoms with E-state index in [4.69, 9.17) is 0 Å². The average molecular weight is 285 g/mol. The molecule has 1 heteroatoms. The summed E-state index contributed by atoms with van der Waals surface area (Å²) in [4.78, 5) is 3.61.